The molecule has 1 aromatic carbocycles. The van der Waals surface area contributed by atoms with Crippen LogP contribution in [0.5, 0.6) is 0 Å². The first-order valence-electron chi connectivity index (χ1n) is 3.97. The second-order valence-electron chi connectivity index (χ2n) is 2.77. The minimum atomic E-state index is -1.00. The van der Waals surface area contributed by atoms with Gasteiger partial charge in [-0.25, -0.2) is 4.79 Å². The lowest BCUT2D eigenvalue weighted by molar-refractivity contribution is 0.0698. The van der Waals surface area contributed by atoms with Crippen molar-refractivity contribution in [1.29, 1.82) is 0 Å². The van der Waals surface area contributed by atoms with E-state index in [2.05, 4.69) is 0 Å². The SMILES string of the molecule is NCCc1ccc(C(=O)O)c(N)c1. The van der Waals surface area contributed by atoms with Crippen molar-refractivity contribution in [2.75, 3.05) is 12.3 Å². The molecular formula is C9H12N2O2. The van der Waals surface area contributed by atoms with Gasteiger partial charge in [-0.3, -0.25) is 0 Å². The third kappa shape index (κ3) is 2.19. The molecule has 0 fully saturated rings. The summed E-state index contributed by atoms with van der Waals surface area (Å²) in [5.41, 5.74) is 12.3. The lowest BCUT2D eigenvalue weighted by Crippen LogP contribution is -2.06. The Morgan fingerprint density at radius 2 is 2.15 bits per heavy atom. The van der Waals surface area contributed by atoms with E-state index in [4.69, 9.17) is 16.6 Å². The van der Waals surface area contributed by atoms with Gasteiger partial charge < -0.3 is 16.6 Å². The van der Waals surface area contributed by atoms with Crippen LogP contribution in [-0.2, 0) is 6.42 Å². The predicted octanol–water partition coefficient (Wildman–Crippen LogP) is 0.468. The number of benzene rings is 1. The minimum Gasteiger partial charge on any atom is -0.478 e. The average Bonchev–Trinajstić information content (AvgIpc) is 2.04. The fourth-order valence-electron chi connectivity index (χ4n) is 1.13. The fourth-order valence-corrected chi connectivity index (χ4v) is 1.13. The van der Waals surface area contributed by atoms with Crippen LogP contribution in [0, 0.1) is 0 Å². The summed E-state index contributed by atoms with van der Waals surface area (Å²) < 4.78 is 0. The molecule has 0 unspecified atom stereocenters. The highest BCUT2D eigenvalue weighted by Crippen LogP contribution is 2.14. The van der Waals surface area contributed by atoms with Gasteiger partial charge in [0.1, 0.15) is 0 Å². The van der Waals surface area contributed by atoms with E-state index < -0.39 is 5.97 Å². The molecule has 0 saturated carbocycles. The maximum atomic E-state index is 10.6. The van der Waals surface area contributed by atoms with E-state index in [1.54, 1.807) is 12.1 Å². The zero-order valence-corrected chi connectivity index (χ0v) is 7.16. The molecule has 13 heavy (non-hydrogen) atoms. The van der Waals surface area contributed by atoms with Crippen LogP contribution < -0.4 is 11.5 Å². The van der Waals surface area contributed by atoms with Gasteiger partial charge in [-0.2, -0.15) is 0 Å². The zero-order valence-electron chi connectivity index (χ0n) is 7.16. The van der Waals surface area contributed by atoms with E-state index >= 15 is 0 Å². The molecule has 0 radical (unpaired) electrons. The van der Waals surface area contributed by atoms with Crippen LogP contribution in [0.2, 0.25) is 0 Å². The van der Waals surface area contributed by atoms with Crippen LogP contribution >= 0.6 is 0 Å². The summed E-state index contributed by atoms with van der Waals surface area (Å²) in [4.78, 5) is 10.6. The molecule has 0 aliphatic heterocycles. The third-order valence-electron chi connectivity index (χ3n) is 1.78. The van der Waals surface area contributed by atoms with Gasteiger partial charge in [0.2, 0.25) is 0 Å². The van der Waals surface area contributed by atoms with E-state index in [-0.39, 0.29) is 5.56 Å². The van der Waals surface area contributed by atoms with E-state index in [1.807, 2.05) is 0 Å². The normalized spacial score (nSPS) is 9.92. The lowest BCUT2D eigenvalue weighted by atomic mass is 10.1. The Kier molecular flexibility index (Phi) is 2.87. The first kappa shape index (κ1) is 9.54. The van der Waals surface area contributed by atoms with Gasteiger partial charge >= 0.3 is 5.97 Å². The molecule has 0 saturated heterocycles. The summed E-state index contributed by atoms with van der Waals surface area (Å²) in [7, 11) is 0. The third-order valence-corrected chi connectivity index (χ3v) is 1.78. The molecule has 1 aromatic rings. The monoisotopic (exact) mass is 180 g/mol. The molecule has 70 valence electrons. The van der Waals surface area contributed by atoms with Crippen LogP contribution in [0.3, 0.4) is 0 Å². The van der Waals surface area contributed by atoms with Crippen molar-refractivity contribution in [1.82, 2.24) is 0 Å². The van der Waals surface area contributed by atoms with Crippen molar-refractivity contribution in [2.24, 2.45) is 5.73 Å². The Morgan fingerprint density at radius 1 is 1.46 bits per heavy atom. The van der Waals surface area contributed by atoms with Crippen LogP contribution in [0.4, 0.5) is 5.69 Å². The molecule has 0 aromatic heterocycles. The van der Waals surface area contributed by atoms with Gasteiger partial charge in [0.25, 0.3) is 0 Å². The Labute approximate surface area is 76.2 Å². The predicted molar refractivity (Wildman–Crippen MR) is 50.6 cm³/mol. The number of carboxylic acid groups (broad SMARTS) is 1. The molecule has 0 aliphatic rings. The largest absolute Gasteiger partial charge is 0.478 e. The van der Waals surface area contributed by atoms with Gasteiger partial charge in [-0.05, 0) is 30.7 Å². The standard InChI is InChI=1S/C9H12N2O2/c10-4-3-6-1-2-7(9(12)13)8(11)5-6/h1-2,5H,3-4,10-11H2,(H,12,13). The van der Waals surface area contributed by atoms with E-state index in [9.17, 15) is 4.79 Å². The molecule has 4 heteroatoms. The number of hydrogen-bond acceptors (Lipinski definition) is 3. The van der Waals surface area contributed by atoms with Gasteiger partial charge in [0.15, 0.2) is 0 Å². The summed E-state index contributed by atoms with van der Waals surface area (Å²) in [6.07, 6.45) is 0.712. The topological polar surface area (TPSA) is 89.3 Å². The highest BCUT2D eigenvalue weighted by atomic mass is 16.4. The van der Waals surface area contributed by atoms with E-state index in [0.717, 1.165) is 5.56 Å². The quantitative estimate of drug-likeness (QED) is 0.590. The van der Waals surface area contributed by atoms with Crippen molar-refractivity contribution in [2.45, 2.75) is 6.42 Å². The van der Waals surface area contributed by atoms with Gasteiger partial charge in [0, 0.05) is 5.69 Å². The summed E-state index contributed by atoms with van der Waals surface area (Å²) in [5, 5.41) is 8.68. The molecule has 4 nitrogen and oxygen atoms in total. The van der Waals surface area contributed by atoms with Crippen LogP contribution in [0.1, 0.15) is 15.9 Å². The van der Waals surface area contributed by atoms with Crippen molar-refractivity contribution < 1.29 is 9.90 Å². The second-order valence-corrected chi connectivity index (χ2v) is 2.77. The zero-order chi connectivity index (χ0) is 9.84. The molecule has 0 heterocycles. The highest BCUT2D eigenvalue weighted by Gasteiger charge is 2.07. The molecular weight excluding hydrogens is 168 g/mol. The fraction of sp³-hybridized carbons (Fsp3) is 0.222. The molecule has 0 bridgehead atoms. The number of anilines is 1. The molecule has 0 atom stereocenters. The maximum absolute atomic E-state index is 10.6. The first-order chi connectivity index (χ1) is 6.15. The van der Waals surface area contributed by atoms with Crippen molar-refractivity contribution in [3.63, 3.8) is 0 Å². The Morgan fingerprint density at radius 3 is 2.62 bits per heavy atom. The molecule has 5 N–H and O–H groups in total. The van der Waals surface area contributed by atoms with E-state index in [0.29, 0.717) is 18.7 Å². The van der Waals surface area contributed by atoms with Gasteiger partial charge in [0.05, 0.1) is 5.56 Å². The van der Waals surface area contributed by atoms with Crippen molar-refractivity contribution in [3.8, 4) is 0 Å². The van der Waals surface area contributed by atoms with Crippen LogP contribution in [0.25, 0.3) is 0 Å². The Bertz CT molecular complexity index is 323. The number of carbonyl (C=O) groups is 1. The Balaban J connectivity index is 2.98. The number of rotatable bonds is 3. The van der Waals surface area contributed by atoms with Gasteiger partial charge in [-0.1, -0.05) is 6.07 Å². The molecule has 0 spiro atoms. The van der Waals surface area contributed by atoms with Crippen LogP contribution in [-0.4, -0.2) is 17.6 Å². The smallest absolute Gasteiger partial charge is 0.337 e. The van der Waals surface area contributed by atoms with Crippen molar-refractivity contribution >= 4 is 11.7 Å². The molecule has 0 amide bonds. The number of nitrogens with two attached hydrogens (primary N) is 2. The number of carboxylic acids is 1. The summed E-state index contributed by atoms with van der Waals surface area (Å²) in [6.45, 7) is 0.534. The number of hydrogen-bond donors (Lipinski definition) is 3. The average molecular weight is 180 g/mol. The molecule has 1 rings (SSSR count). The summed E-state index contributed by atoms with van der Waals surface area (Å²) >= 11 is 0. The number of aromatic carboxylic acids is 1. The molecule has 0 aliphatic carbocycles. The second kappa shape index (κ2) is 3.91. The van der Waals surface area contributed by atoms with Crippen molar-refractivity contribution in [3.05, 3.63) is 29.3 Å². The summed E-state index contributed by atoms with van der Waals surface area (Å²) in [6, 6.07) is 4.88. The summed E-state index contributed by atoms with van der Waals surface area (Å²) in [5.74, 6) is -1.00. The lowest BCUT2D eigenvalue weighted by Gasteiger charge is -2.03. The first-order valence-corrected chi connectivity index (χ1v) is 3.97. The highest BCUT2D eigenvalue weighted by molar-refractivity contribution is 5.93. The van der Waals surface area contributed by atoms with Gasteiger partial charge in [-0.15, -0.1) is 0 Å². The maximum Gasteiger partial charge on any atom is 0.337 e. The minimum absolute atomic E-state index is 0.140. The number of nitrogen functional groups attached to an aromatic ring is 1. The van der Waals surface area contributed by atoms with Crippen LogP contribution in [0.15, 0.2) is 18.2 Å². The van der Waals surface area contributed by atoms with E-state index in [1.165, 1.54) is 6.07 Å². The Hall–Kier alpha value is -1.55.